The molecule has 0 unspecified atom stereocenters. The van der Waals surface area contributed by atoms with Crippen LogP contribution in [0.15, 0.2) is 42.5 Å². The molecule has 2 aliphatic heterocycles. The third-order valence-electron chi connectivity index (χ3n) is 6.28. The first-order chi connectivity index (χ1) is 15.7. The van der Waals surface area contributed by atoms with Crippen molar-refractivity contribution < 1.29 is 13.2 Å². The molecule has 0 saturated carbocycles. The van der Waals surface area contributed by atoms with Crippen molar-refractivity contribution in [1.29, 1.82) is 0 Å². The molecule has 6 nitrogen and oxygen atoms in total. The first-order valence-electron chi connectivity index (χ1n) is 10.9. The normalized spacial score (nSPS) is 20.2. The predicted octanol–water partition coefficient (Wildman–Crippen LogP) is 4.54. The average Bonchev–Trinajstić information content (AvgIpc) is 2.81. The van der Waals surface area contributed by atoms with Gasteiger partial charge in [-0.05, 0) is 43.2 Å². The lowest BCUT2D eigenvalue weighted by molar-refractivity contribution is -0.137. The Labute approximate surface area is 210 Å². The van der Waals surface area contributed by atoms with Crippen molar-refractivity contribution in [2.24, 2.45) is 5.92 Å². The molecule has 2 aromatic carbocycles. The van der Waals surface area contributed by atoms with Crippen LogP contribution in [0.5, 0.6) is 0 Å². The van der Waals surface area contributed by atoms with Crippen molar-refractivity contribution in [3.05, 3.63) is 63.1 Å². The van der Waals surface area contributed by atoms with Crippen LogP contribution in [0.4, 0.5) is 5.69 Å². The summed E-state index contributed by atoms with van der Waals surface area (Å²) in [6.07, 6.45) is 1.33. The number of benzene rings is 2. The highest BCUT2D eigenvalue weighted by Crippen LogP contribution is 2.29. The Kier molecular flexibility index (Phi) is 7.76. The van der Waals surface area contributed by atoms with E-state index in [-0.39, 0.29) is 24.1 Å². The van der Waals surface area contributed by atoms with E-state index in [1.54, 1.807) is 18.2 Å². The Balaban J connectivity index is 1.38. The number of hydrogen-bond donors (Lipinski definition) is 0. The van der Waals surface area contributed by atoms with Crippen molar-refractivity contribution in [3.63, 3.8) is 0 Å². The molecule has 2 aliphatic rings. The fraction of sp³-hybridized carbons (Fsp3) is 0.435. The molecule has 0 aromatic heterocycles. The minimum Gasteiger partial charge on any atom is -0.368 e. The topological polar surface area (TPSA) is 60.9 Å². The Bertz CT molecular complexity index is 1100. The molecule has 2 saturated heterocycles. The molecule has 0 bridgehead atoms. The maximum atomic E-state index is 13.2. The molecule has 0 N–H and O–H groups in total. The minimum absolute atomic E-state index is 0.0245. The van der Waals surface area contributed by atoms with Gasteiger partial charge in [0.1, 0.15) is 0 Å². The van der Waals surface area contributed by atoms with Crippen molar-refractivity contribution in [2.45, 2.75) is 18.6 Å². The molecule has 0 spiro atoms. The number of carbonyl (C=O) groups excluding carboxylic acids is 1. The number of rotatable bonds is 5. The Morgan fingerprint density at radius 3 is 2.27 bits per heavy atom. The molecule has 1 atom stereocenters. The van der Waals surface area contributed by atoms with E-state index in [0.717, 1.165) is 5.69 Å². The molecule has 0 aliphatic carbocycles. The van der Waals surface area contributed by atoms with Crippen LogP contribution in [0.25, 0.3) is 0 Å². The smallest absolute Gasteiger partial charge is 0.227 e. The third-order valence-corrected chi connectivity index (χ3v) is 9.00. The molecule has 2 aromatic rings. The van der Waals surface area contributed by atoms with E-state index in [0.29, 0.717) is 66.2 Å². The summed E-state index contributed by atoms with van der Waals surface area (Å²) >= 11 is 18.5. The lowest BCUT2D eigenvalue weighted by atomic mass is 9.97. The van der Waals surface area contributed by atoms with Crippen LogP contribution in [-0.2, 0) is 20.6 Å². The number of halogens is 3. The van der Waals surface area contributed by atoms with Crippen LogP contribution in [-0.4, -0.2) is 62.8 Å². The SMILES string of the molecule is O=C([C@H]1CCCN(S(=O)(=O)Cc2c(Cl)cccc2Cl)C1)N1CCN(c2cccc(Cl)c2)CC1. The highest BCUT2D eigenvalue weighted by molar-refractivity contribution is 7.88. The third kappa shape index (κ3) is 5.77. The summed E-state index contributed by atoms with van der Waals surface area (Å²) in [5, 5.41) is 1.34. The number of nitrogens with zero attached hydrogens (tertiary/aromatic N) is 3. The first-order valence-corrected chi connectivity index (χ1v) is 13.7. The van der Waals surface area contributed by atoms with Crippen LogP contribution in [0.2, 0.25) is 15.1 Å². The van der Waals surface area contributed by atoms with Gasteiger partial charge in [0.2, 0.25) is 15.9 Å². The monoisotopic (exact) mass is 529 g/mol. The number of hydrogen-bond acceptors (Lipinski definition) is 4. The lowest BCUT2D eigenvalue weighted by Gasteiger charge is -2.39. The molecular weight excluding hydrogens is 505 g/mol. The van der Waals surface area contributed by atoms with E-state index in [1.165, 1.54) is 4.31 Å². The Hall–Kier alpha value is -1.51. The average molecular weight is 531 g/mol. The zero-order chi connectivity index (χ0) is 23.6. The summed E-state index contributed by atoms with van der Waals surface area (Å²) < 4.78 is 27.6. The zero-order valence-electron chi connectivity index (χ0n) is 18.1. The first kappa shape index (κ1) is 24.6. The number of piperazine rings is 1. The number of anilines is 1. The molecule has 1 amide bonds. The van der Waals surface area contributed by atoms with Gasteiger partial charge < -0.3 is 9.80 Å². The van der Waals surface area contributed by atoms with Gasteiger partial charge in [0, 0.05) is 65.6 Å². The van der Waals surface area contributed by atoms with Crippen molar-refractivity contribution in [3.8, 4) is 0 Å². The van der Waals surface area contributed by atoms with Crippen molar-refractivity contribution in [2.75, 3.05) is 44.2 Å². The van der Waals surface area contributed by atoms with Gasteiger partial charge >= 0.3 is 0 Å². The van der Waals surface area contributed by atoms with Gasteiger partial charge in [0.15, 0.2) is 0 Å². The van der Waals surface area contributed by atoms with Crippen LogP contribution in [0.1, 0.15) is 18.4 Å². The van der Waals surface area contributed by atoms with Crippen LogP contribution in [0.3, 0.4) is 0 Å². The summed E-state index contributed by atoms with van der Waals surface area (Å²) in [5.74, 6) is -0.588. The lowest BCUT2D eigenvalue weighted by Crippen LogP contribution is -2.53. The summed E-state index contributed by atoms with van der Waals surface area (Å²) in [5.41, 5.74) is 1.44. The largest absolute Gasteiger partial charge is 0.368 e. The maximum absolute atomic E-state index is 13.2. The van der Waals surface area contributed by atoms with Gasteiger partial charge in [-0.15, -0.1) is 0 Å². The van der Waals surface area contributed by atoms with Crippen LogP contribution >= 0.6 is 34.8 Å². The molecule has 178 valence electrons. The second kappa shape index (κ2) is 10.4. The number of piperidine rings is 1. The number of amides is 1. The fourth-order valence-electron chi connectivity index (χ4n) is 4.46. The minimum atomic E-state index is -3.65. The van der Waals surface area contributed by atoms with E-state index >= 15 is 0 Å². The molecule has 33 heavy (non-hydrogen) atoms. The van der Waals surface area contributed by atoms with Crippen molar-refractivity contribution in [1.82, 2.24) is 9.21 Å². The van der Waals surface area contributed by atoms with E-state index in [9.17, 15) is 13.2 Å². The van der Waals surface area contributed by atoms with Crippen LogP contribution in [0, 0.1) is 5.92 Å². The fourth-order valence-corrected chi connectivity index (χ4v) is 7.00. The molecule has 4 rings (SSSR count). The van der Waals surface area contributed by atoms with Gasteiger partial charge in [-0.25, -0.2) is 12.7 Å². The van der Waals surface area contributed by atoms with Gasteiger partial charge in [0.25, 0.3) is 0 Å². The van der Waals surface area contributed by atoms with Crippen molar-refractivity contribution >= 4 is 56.4 Å². The van der Waals surface area contributed by atoms with Crippen LogP contribution < -0.4 is 4.90 Å². The van der Waals surface area contributed by atoms with Gasteiger partial charge in [-0.1, -0.05) is 46.9 Å². The maximum Gasteiger partial charge on any atom is 0.227 e. The molecule has 2 fully saturated rings. The Morgan fingerprint density at radius 2 is 1.61 bits per heavy atom. The number of carbonyl (C=O) groups is 1. The molecular formula is C23H26Cl3N3O3S. The number of sulfonamides is 1. The second-order valence-electron chi connectivity index (χ2n) is 8.45. The summed E-state index contributed by atoms with van der Waals surface area (Å²) in [6, 6.07) is 12.6. The van der Waals surface area contributed by atoms with E-state index in [2.05, 4.69) is 4.90 Å². The molecule has 0 radical (unpaired) electrons. The standard InChI is InChI=1S/C23H26Cl3N3O3S/c24-18-5-1-6-19(14-18)27-10-12-28(13-11-27)23(30)17-4-3-9-29(15-17)33(31,32)16-20-21(25)7-2-8-22(20)26/h1-2,5-8,14,17H,3-4,9-13,15-16H2/t17-/m0/s1. The van der Waals surface area contributed by atoms with Gasteiger partial charge in [0.05, 0.1) is 11.7 Å². The predicted molar refractivity (Wildman–Crippen MR) is 134 cm³/mol. The molecule has 10 heteroatoms. The summed E-state index contributed by atoms with van der Waals surface area (Å²) in [7, 11) is -3.65. The van der Waals surface area contributed by atoms with E-state index < -0.39 is 10.0 Å². The highest BCUT2D eigenvalue weighted by atomic mass is 35.5. The van der Waals surface area contributed by atoms with E-state index in [1.807, 2.05) is 29.2 Å². The van der Waals surface area contributed by atoms with E-state index in [4.69, 9.17) is 34.8 Å². The zero-order valence-corrected chi connectivity index (χ0v) is 21.2. The highest BCUT2D eigenvalue weighted by Gasteiger charge is 2.35. The molecule has 2 heterocycles. The Morgan fingerprint density at radius 1 is 0.939 bits per heavy atom. The summed E-state index contributed by atoms with van der Waals surface area (Å²) in [6.45, 7) is 3.22. The second-order valence-corrected chi connectivity index (χ2v) is 11.7. The van der Waals surface area contributed by atoms with Gasteiger partial charge in [-0.3, -0.25) is 4.79 Å². The van der Waals surface area contributed by atoms with Gasteiger partial charge in [-0.2, -0.15) is 0 Å². The summed E-state index contributed by atoms with van der Waals surface area (Å²) in [4.78, 5) is 17.3. The quantitative estimate of drug-likeness (QED) is 0.570.